The number of aromatic nitrogens is 2. The molecule has 1 aromatic carbocycles. The molecule has 1 aliphatic carbocycles. The Kier molecular flexibility index (Phi) is 7.49. The largest absolute Gasteiger partial charge is 0.497 e. The Hall–Kier alpha value is -2.78. The minimum Gasteiger partial charge on any atom is -0.497 e. The normalized spacial score (nSPS) is 14.2. The van der Waals surface area contributed by atoms with E-state index in [0.29, 0.717) is 11.7 Å². The van der Waals surface area contributed by atoms with E-state index in [1.807, 2.05) is 46.7 Å². The minimum absolute atomic E-state index is 0.0254. The van der Waals surface area contributed by atoms with Gasteiger partial charge in [0.25, 0.3) is 5.91 Å². The van der Waals surface area contributed by atoms with E-state index in [1.54, 1.807) is 7.11 Å². The molecule has 9 heteroatoms. The molecule has 0 saturated heterocycles. The summed E-state index contributed by atoms with van der Waals surface area (Å²) >= 11 is 2.77. The molecule has 1 fully saturated rings. The van der Waals surface area contributed by atoms with Gasteiger partial charge in [0.05, 0.1) is 12.0 Å². The molecule has 2 aromatic heterocycles. The summed E-state index contributed by atoms with van der Waals surface area (Å²) in [4.78, 5) is 28.3. The van der Waals surface area contributed by atoms with E-state index in [2.05, 4.69) is 15.5 Å². The summed E-state index contributed by atoms with van der Waals surface area (Å²) < 4.78 is 5.18. The molecule has 1 saturated carbocycles. The molecule has 168 valence electrons. The smallest absolute Gasteiger partial charge is 0.264 e. The van der Waals surface area contributed by atoms with E-state index < -0.39 is 0 Å². The van der Waals surface area contributed by atoms with Gasteiger partial charge >= 0.3 is 0 Å². The first-order valence-electron chi connectivity index (χ1n) is 10.8. The van der Waals surface area contributed by atoms with E-state index in [1.165, 1.54) is 29.1 Å². The van der Waals surface area contributed by atoms with E-state index in [9.17, 15) is 9.59 Å². The fourth-order valence-corrected chi connectivity index (χ4v) is 5.36. The maximum absolute atomic E-state index is 13.1. The molecule has 1 N–H and O–H groups in total. The van der Waals surface area contributed by atoms with Crippen LogP contribution in [-0.2, 0) is 4.79 Å². The predicted octanol–water partition coefficient (Wildman–Crippen LogP) is 5.08. The summed E-state index contributed by atoms with van der Waals surface area (Å²) in [6.07, 6.45) is 5.70. The van der Waals surface area contributed by atoms with Gasteiger partial charge in [-0.25, -0.2) is 0 Å². The fraction of sp³-hybridized carbons (Fsp3) is 0.391. The zero-order valence-electron chi connectivity index (χ0n) is 18.0. The predicted molar refractivity (Wildman–Crippen MR) is 127 cm³/mol. The van der Waals surface area contributed by atoms with Crippen LogP contribution in [-0.4, -0.2) is 46.6 Å². The van der Waals surface area contributed by atoms with Gasteiger partial charge in [-0.3, -0.25) is 9.59 Å². The van der Waals surface area contributed by atoms with Gasteiger partial charge in [-0.1, -0.05) is 36.7 Å². The Bertz CT molecular complexity index is 1030. The number of hydrogen-bond acceptors (Lipinski definition) is 7. The topological polar surface area (TPSA) is 84.4 Å². The van der Waals surface area contributed by atoms with Crippen LogP contribution in [0, 0.1) is 0 Å². The van der Waals surface area contributed by atoms with Crippen molar-refractivity contribution in [2.45, 2.75) is 44.6 Å². The monoisotopic (exact) mass is 470 g/mol. The van der Waals surface area contributed by atoms with Gasteiger partial charge < -0.3 is 15.0 Å². The lowest BCUT2D eigenvalue weighted by molar-refractivity contribution is -0.116. The summed E-state index contributed by atoms with van der Waals surface area (Å²) in [7, 11) is 1.62. The number of anilines is 1. The van der Waals surface area contributed by atoms with E-state index >= 15 is 0 Å². The first kappa shape index (κ1) is 22.4. The number of thiophene rings is 1. The summed E-state index contributed by atoms with van der Waals surface area (Å²) in [5, 5.41) is 14.2. The maximum Gasteiger partial charge on any atom is 0.264 e. The van der Waals surface area contributed by atoms with E-state index in [4.69, 9.17) is 4.74 Å². The number of carbonyl (C=O) groups is 2. The first-order valence-corrected chi connectivity index (χ1v) is 12.5. The van der Waals surface area contributed by atoms with Gasteiger partial charge in [-0.2, -0.15) is 0 Å². The standard InChI is InChI=1S/C23H26N4O3S2/c1-30-18-11-9-16(10-12-18)21-25-26-23(32-21)24-20(28)13-14-27(17-6-3-2-4-7-17)22(29)19-8-5-15-31-19/h5,8-12,15,17H,2-4,6-7,13-14H2,1H3,(H,24,26,28). The van der Waals surface area contributed by atoms with Gasteiger partial charge in [0.1, 0.15) is 10.8 Å². The molecular formula is C23H26N4O3S2. The Morgan fingerprint density at radius 3 is 2.59 bits per heavy atom. The highest BCUT2D eigenvalue weighted by atomic mass is 32.1. The van der Waals surface area contributed by atoms with Crippen molar-refractivity contribution in [2.75, 3.05) is 19.0 Å². The van der Waals surface area contributed by atoms with Crippen LogP contribution in [0.15, 0.2) is 41.8 Å². The number of rotatable bonds is 8. The third-order valence-corrected chi connectivity index (χ3v) is 7.34. The second-order valence-corrected chi connectivity index (χ2v) is 9.63. The van der Waals surface area contributed by atoms with Crippen LogP contribution in [0.3, 0.4) is 0 Å². The highest BCUT2D eigenvalue weighted by Crippen LogP contribution is 2.28. The van der Waals surface area contributed by atoms with Crippen molar-refractivity contribution in [3.63, 3.8) is 0 Å². The third kappa shape index (κ3) is 5.52. The van der Waals surface area contributed by atoms with Crippen molar-refractivity contribution < 1.29 is 14.3 Å². The molecule has 0 bridgehead atoms. The van der Waals surface area contributed by atoms with Crippen molar-refractivity contribution >= 4 is 39.6 Å². The molecule has 4 rings (SSSR count). The summed E-state index contributed by atoms with van der Waals surface area (Å²) in [6, 6.07) is 11.5. The van der Waals surface area contributed by atoms with Gasteiger partial charge in [-0.05, 0) is 48.6 Å². The number of nitrogens with zero attached hydrogens (tertiary/aromatic N) is 3. The molecule has 1 aliphatic rings. The molecule has 3 aromatic rings. The summed E-state index contributed by atoms with van der Waals surface area (Å²) in [6.45, 7) is 0.400. The molecule has 2 heterocycles. The molecular weight excluding hydrogens is 444 g/mol. The average molecular weight is 471 g/mol. The Morgan fingerprint density at radius 1 is 1.12 bits per heavy atom. The van der Waals surface area contributed by atoms with E-state index in [-0.39, 0.29) is 24.3 Å². The highest BCUT2D eigenvalue weighted by molar-refractivity contribution is 7.18. The van der Waals surface area contributed by atoms with Crippen molar-refractivity contribution in [1.82, 2.24) is 15.1 Å². The van der Waals surface area contributed by atoms with Crippen molar-refractivity contribution in [2.24, 2.45) is 0 Å². The fourth-order valence-electron chi connectivity index (χ4n) is 3.91. The quantitative estimate of drug-likeness (QED) is 0.496. The summed E-state index contributed by atoms with van der Waals surface area (Å²) in [5.41, 5.74) is 0.911. The Morgan fingerprint density at radius 2 is 1.91 bits per heavy atom. The van der Waals surface area contributed by atoms with Crippen LogP contribution in [0.2, 0.25) is 0 Å². The highest BCUT2D eigenvalue weighted by Gasteiger charge is 2.27. The van der Waals surface area contributed by atoms with Gasteiger partial charge in [0.15, 0.2) is 0 Å². The molecule has 2 amide bonds. The molecule has 0 unspecified atom stereocenters. The molecule has 0 spiro atoms. The van der Waals surface area contributed by atoms with Crippen molar-refractivity contribution in [3.05, 3.63) is 46.7 Å². The van der Waals surface area contributed by atoms with Crippen LogP contribution in [0.4, 0.5) is 5.13 Å². The van der Waals surface area contributed by atoms with E-state index in [0.717, 1.165) is 46.9 Å². The number of ether oxygens (including phenoxy) is 1. The third-order valence-electron chi connectivity index (χ3n) is 5.60. The number of nitrogens with one attached hydrogen (secondary N) is 1. The maximum atomic E-state index is 13.1. The second kappa shape index (κ2) is 10.7. The second-order valence-electron chi connectivity index (χ2n) is 7.71. The first-order chi connectivity index (χ1) is 15.6. The molecule has 0 aliphatic heterocycles. The van der Waals surface area contributed by atoms with Crippen molar-refractivity contribution in [1.29, 1.82) is 0 Å². The van der Waals surface area contributed by atoms with Gasteiger partial charge in [0.2, 0.25) is 11.0 Å². The summed E-state index contributed by atoms with van der Waals surface area (Å²) in [5.74, 6) is 0.631. The van der Waals surface area contributed by atoms with Crippen LogP contribution in [0.5, 0.6) is 5.75 Å². The van der Waals surface area contributed by atoms with Gasteiger partial charge in [-0.15, -0.1) is 21.5 Å². The lowest BCUT2D eigenvalue weighted by atomic mass is 9.94. The zero-order valence-corrected chi connectivity index (χ0v) is 19.6. The molecule has 0 radical (unpaired) electrons. The van der Waals surface area contributed by atoms with Crippen LogP contribution >= 0.6 is 22.7 Å². The lowest BCUT2D eigenvalue weighted by Crippen LogP contribution is -2.42. The average Bonchev–Trinajstić information content (AvgIpc) is 3.52. The number of carbonyl (C=O) groups excluding carboxylic acids is 2. The Labute approximate surface area is 195 Å². The number of amides is 2. The van der Waals surface area contributed by atoms with Crippen LogP contribution < -0.4 is 10.1 Å². The molecule has 32 heavy (non-hydrogen) atoms. The Balaban J connectivity index is 1.37. The van der Waals surface area contributed by atoms with Gasteiger partial charge in [0, 0.05) is 24.6 Å². The zero-order chi connectivity index (χ0) is 22.3. The molecule has 7 nitrogen and oxygen atoms in total. The number of hydrogen-bond donors (Lipinski definition) is 1. The van der Waals surface area contributed by atoms with Crippen molar-refractivity contribution in [3.8, 4) is 16.3 Å². The number of benzene rings is 1. The minimum atomic E-state index is -0.165. The number of methoxy groups -OCH3 is 1. The molecule has 0 atom stereocenters. The van der Waals surface area contributed by atoms with Crippen LogP contribution in [0.1, 0.15) is 48.2 Å². The SMILES string of the molecule is COc1ccc(-c2nnc(NC(=O)CCN(C(=O)c3cccs3)C3CCCCC3)s2)cc1. The van der Waals surface area contributed by atoms with Crippen LogP contribution in [0.25, 0.3) is 10.6 Å². The lowest BCUT2D eigenvalue weighted by Gasteiger charge is -2.34.